The highest BCUT2D eigenvalue weighted by Crippen LogP contribution is 2.19. The van der Waals surface area contributed by atoms with Gasteiger partial charge in [-0.05, 0) is 18.2 Å². The fraction of sp³-hybridized carbons (Fsp3) is 0. The summed E-state index contributed by atoms with van der Waals surface area (Å²) < 4.78 is 0. The summed E-state index contributed by atoms with van der Waals surface area (Å²) in [6.07, 6.45) is 4.86. The van der Waals surface area contributed by atoms with Crippen LogP contribution in [-0.2, 0) is 0 Å². The molecule has 0 atom stereocenters. The molecule has 2 aromatic rings. The van der Waals surface area contributed by atoms with E-state index in [1.165, 1.54) is 0 Å². The third-order valence-electron chi connectivity index (χ3n) is 1.83. The zero-order valence-corrected chi connectivity index (χ0v) is 9.65. The van der Waals surface area contributed by atoms with Crippen LogP contribution < -0.4 is 0 Å². The van der Waals surface area contributed by atoms with Gasteiger partial charge in [0.15, 0.2) is 0 Å². The van der Waals surface area contributed by atoms with Crippen molar-refractivity contribution >= 4 is 35.4 Å². The van der Waals surface area contributed by atoms with Gasteiger partial charge < -0.3 is 0 Å². The second kappa shape index (κ2) is 5.05. The maximum absolute atomic E-state index is 5.98. The van der Waals surface area contributed by atoms with Crippen LogP contribution in [0.4, 0.5) is 5.95 Å². The summed E-state index contributed by atoms with van der Waals surface area (Å²) in [5.41, 5.74) is 0.776. The Morgan fingerprint density at radius 3 is 2.56 bits per heavy atom. The number of rotatable bonds is 2. The second-order valence-corrected chi connectivity index (χ2v) is 3.82. The molecular weight excluding hydrogens is 245 g/mol. The highest BCUT2D eigenvalue weighted by molar-refractivity contribution is 6.36. The SMILES string of the molecule is Clc1ccc(C=Nc2ncccn2)c(Cl)c1. The van der Waals surface area contributed by atoms with Gasteiger partial charge in [0, 0.05) is 29.2 Å². The molecule has 1 aromatic carbocycles. The molecular formula is C11H7Cl2N3. The maximum atomic E-state index is 5.98. The third-order valence-corrected chi connectivity index (χ3v) is 2.40. The van der Waals surface area contributed by atoms with Crippen molar-refractivity contribution in [1.29, 1.82) is 0 Å². The number of aromatic nitrogens is 2. The Morgan fingerprint density at radius 1 is 1.12 bits per heavy atom. The van der Waals surface area contributed by atoms with E-state index in [4.69, 9.17) is 23.2 Å². The molecule has 0 aliphatic carbocycles. The number of benzene rings is 1. The van der Waals surface area contributed by atoms with Gasteiger partial charge in [0.2, 0.25) is 5.95 Å². The first-order chi connectivity index (χ1) is 7.75. The molecule has 0 amide bonds. The Morgan fingerprint density at radius 2 is 1.88 bits per heavy atom. The summed E-state index contributed by atoms with van der Waals surface area (Å²) in [4.78, 5) is 12.0. The minimum absolute atomic E-state index is 0.397. The quantitative estimate of drug-likeness (QED) is 0.766. The topological polar surface area (TPSA) is 38.1 Å². The van der Waals surface area contributed by atoms with Crippen molar-refractivity contribution in [2.45, 2.75) is 0 Å². The maximum Gasteiger partial charge on any atom is 0.249 e. The summed E-state index contributed by atoms with van der Waals surface area (Å²) in [5, 5.41) is 1.14. The monoisotopic (exact) mass is 251 g/mol. The number of aliphatic imine (C=N–C) groups is 1. The summed E-state index contributed by atoms with van der Waals surface area (Å²) >= 11 is 11.8. The predicted octanol–water partition coefficient (Wildman–Crippen LogP) is 3.53. The third kappa shape index (κ3) is 2.78. The van der Waals surface area contributed by atoms with Gasteiger partial charge in [-0.15, -0.1) is 0 Å². The van der Waals surface area contributed by atoms with Crippen LogP contribution in [0.15, 0.2) is 41.7 Å². The predicted molar refractivity (Wildman–Crippen MR) is 65.7 cm³/mol. The molecule has 0 fully saturated rings. The minimum atomic E-state index is 0.397. The molecule has 16 heavy (non-hydrogen) atoms. The van der Waals surface area contributed by atoms with E-state index in [9.17, 15) is 0 Å². The van der Waals surface area contributed by atoms with E-state index in [1.807, 2.05) is 0 Å². The lowest BCUT2D eigenvalue weighted by Crippen LogP contribution is -1.84. The number of nitrogens with zero attached hydrogens (tertiary/aromatic N) is 3. The van der Waals surface area contributed by atoms with E-state index in [0.29, 0.717) is 16.0 Å². The molecule has 0 N–H and O–H groups in total. The van der Waals surface area contributed by atoms with Gasteiger partial charge in [-0.25, -0.2) is 15.0 Å². The first kappa shape index (κ1) is 11.0. The Labute approximate surface area is 103 Å². The lowest BCUT2D eigenvalue weighted by Gasteiger charge is -1.97. The van der Waals surface area contributed by atoms with E-state index in [2.05, 4.69) is 15.0 Å². The van der Waals surface area contributed by atoms with Crippen molar-refractivity contribution in [2.24, 2.45) is 4.99 Å². The average molecular weight is 252 g/mol. The Hall–Kier alpha value is -1.45. The van der Waals surface area contributed by atoms with Gasteiger partial charge >= 0.3 is 0 Å². The van der Waals surface area contributed by atoms with Crippen LogP contribution in [0.3, 0.4) is 0 Å². The van der Waals surface area contributed by atoms with E-state index < -0.39 is 0 Å². The first-order valence-electron chi connectivity index (χ1n) is 4.52. The minimum Gasteiger partial charge on any atom is -0.220 e. The van der Waals surface area contributed by atoms with Crippen LogP contribution in [0.25, 0.3) is 0 Å². The molecule has 0 aliphatic rings. The molecule has 80 valence electrons. The Kier molecular flexibility index (Phi) is 3.49. The highest BCUT2D eigenvalue weighted by Gasteiger charge is 1.98. The first-order valence-corrected chi connectivity index (χ1v) is 5.27. The molecule has 0 spiro atoms. The van der Waals surface area contributed by atoms with Gasteiger partial charge in [0.25, 0.3) is 0 Å². The van der Waals surface area contributed by atoms with E-state index in [-0.39, 0.29) is 0 Å². The van der Waals surface area contributed by atoms with Crippen LogP contribution in [0.5, 0.6) is 0 Å². The summed E-state index contributed by atoms with van der Waals surface area (Å²) in [6, 6.07) is 6.93. The zero-order chi connectivity index (χ0) is 11.4. The zero-order valence-electron chi connectivity index (χ0n) is 8.14. The molecule has 1 aromatic heterocycles. The normalized spacial score (nSPS) is 10.9. The van der Waals surface area contributed by atoms with Crippen LogP contribution >= 0.6 is 23.2 Å². The van der Waals surface area contributed by atoms with Crippen molar-refractivity contribution < 1.29 is 0 Å². The molecule has 5 heteroatoms. The Balaban J connectivity index is 2.24. The van der Waals surface area contributed by atoms with Crippen molar-refractivity contribution in [2.75, 3.05) is 0 Å². The van der Waals surface area contributed by atoms with Gasteiger partial charge in [0.1, 0.15) is 0 Å². The van der Waals surface area contributed by atoms with E-state index in [0.717, 1.165) is 5.56 Å². The van der Waals surface area contributed by atoms with E-state index in [1.54, 1.807) is 42.9 Å². The molecule has 0 radical (unpaired) electrons. The van der Waals surface area contributed by atoms with Crippen LogP contribution in [0, 0.1) is 0 Å². The molecule has 0 aliphatic heterocycles. The molecule has 2 rings (SSSR count). The average Bonchev–Trinajstić information content (AvgIpc) is 2.29. The number of hydrogen-bond acceptors (Lipinski definition) is 3. The molecule has 0 saturated carbocycles. The highest BCUT2D eigenvalue weighted by atomic mass is 35.5. The lowest BCUT2D eigenvalue weighted by atomic mass is 10.2. The lowest BCUT2D eigenvalue weighted by molar-refractivity contribution is 1.14. The van der Waals surface area contributed by atoms with Crippen LogP contribution in [0.2, 0.25) is 10.0 Å². The van der Waals surface area contributed by atoms with Crippen LogP contribution in [0.1, 0.15) is 5.56 Å². The molecule has 3 nitrogen and oxygen atoms in total. The van der Waals surface area contributed by atoms with Gasteiger partial charge in [0.05, 0.1) is 5.02 Å². The molecule has 1 heterocycles. The summed E-state index contributed by atoms with van der Waals surface area (Å²) in [5.74, 6) is 0.397. The number of hydrogen-bond donors (Lipinski definition) is 0. The van der Waals surface area contributed by atoms with Gasteiger partial charge in [-0.1, -0.05) is 29.3 Å². The van der Waals surface area contributed by atoms with E-state index >= 15 is 0 Å². The summed E-state index contributed by atoms with van der Waals surface area (Å²) in [6.45, 7) is 0. The standard InChI is InChI=1S/C11H7Cl2N3/c12-9-3-2-8(10(13)6-9)7-16-11-14-4-1-5-15-11/h1-7H. The molecule has 0 bridgehead atoms. The van der Waals surface area contributed by atoms with Crippen molar-refractivity contribution in [1.82, 2.24) is 9.97 Å². The van der Waals surface area contributed by atoms with Crippen molar-refractivity contribution in [3.63, 3.8) is 0 Å². The number of halogens is 2. The van der Waals surface area contributed by atoms with Crippen molar-refractivity contribution in [3.8, 4) is 0 Å². The summed E-state index contributed by atoms with van der Waals surface area (Å²) in [7, 11) is 0. The fourth-order valence-electron chi connectivity index (χ4n) is 1.09. The molecule has 0 saturated heterocycles. The van der Waals surface area contributed by atoms with Crippen LogP contribution in [-0.4, -0.2) is 16.2 Å². The van der Waals surface area contributed by atoms with Crippen molar-refractivity contribution in [3.05, 3.63) is 52.3 Å². The largest absolute Gasteiger partial charge is 0.249 e. The van der Waals surface area contributed by atoms with Gasteiger partial charge in [-0.2, -0.15) is 0 Å². The second-order valence-electron chi connectivity index (χ2n) is 2.97. The van der Waals surface area contributed by atoms with Gasteiger partial charge in [-0.3, -0.25) is 0 Å². The smallest absolute Gasteiger partial charge is 0.220 e. The Bertz CT molecular complexity index is 512. The molecule has 0 unspecified atom stereocenters. The fourth-order valence-corrected chi connectivity index (χ4v) is 1.55.